The van der Waals surface area contributed by atoms with Crippen LogP contribution in [0.25, 0.3) is 11.1 Å². The molecule has 2 fully saturated rings. The van der Waals surface area contributed by atoms with Gasteiger partial charge in [-0.25, -0.2) is 17.9 Å². The molecule has 2 unspecified atom stereocenters. The van der Waals surface area contributed by atoms with Crippen molar-refractivity contribution in [3.05, 3.63) is 59.4 Å². The Morgan fingerprint density at radius 2 is 1.72 bits per heavy atom. The lowest BCUT2D eigenvalue weighted by molar-refractivity contribution is -0.140. The quantitative estimate of drug-likeness (QED) is 0.681. The Bertz CT molecular complexity index is 1140. The number of halogens is 3. The molecule has 1 heterocycles. The fraction of sp³-hybridized carbons (Fsp3) is 0.409. The predicted octanol–water partition coefficient (Wildman–Crippen LogP) is 2.87. The zero-order valence-electron chi connectivity index (χ0n) is 17.7. The van der Waals surface area contributed by atoms with Crippen LogP contribution in [0.15, 0.2) is 36.4 Å². The number of amides is 1. The molecule has 0 spiro atoms. The summed E-state index contributed by atoms with van der Waals surface area (Å²) in [5.74, 6) is -3.39. The van der Waals surface area contributed by atoms with E-state index in [1.165, 1.54) is 38.4 Å². The summed E-state index contributed by atoms with van der Waals surface area (Å²) in [5.41, 5.74) is -0.0555. The first-order chi connectivity index (χ1) is 15.1. The lowest BCUT2D eigenvalue weighted by Crippen LogP contribution is -2.57. The summed E-state index contributed by atoms with van der Waals surface area (Å²) in [6.07, 6.45) is 1.03. The van der Waals surface area contributed by atoms with E-state index in [4.69, 9.17) is 0 Å². The highest BCUT2D eigenvalue weighted by molar-refractivity contribution is 7.87. The van der Waals surface area contributed by atoms with Gasteiger partial charge >= 0.3 is 0 Å². The maximum atomic E-state index is 14.8. The van der Waals surface area contributed by atoms with Crippen LogP contribution in [0.2, 0.25) is 0 Å². The molecule has 10 heteroatoms. The molecule has 1 saturated carbocycles. The second kappa shape index (κ2) is 8.49. The van der Waals surface area contributed by atoms with Crippen LogP contribution in [0.4, 0.5) is 13.2 Å². The van der Waals surface area contributed by atoms with Crippen LogP contribution < -0.4 is 4.72 Å². The van der Waals surface area contributed by atoms with Gasteiger partial charge in [0.25, 0.3) is 10.2 Å². The summed E-state index contributed by atoms with van der Waals surface area (Å²) in [7, 11) is -0.786. The van der Waals surface area contributed by atoms with Crippen molar-refractivity contribution in [3.63, 3.8) is 0 Å². The van der Waals surface area contributed by atoms with E-state index < -0.39 is 39.5 Å². The molecular weight excluding hydrogens is 443 g/mol. The van der Waals surface area contributed by atoms with Gasteiger partial charge in [0.05, 0.1) is 5.56 Å². The van der Waals surface area contributed by atoms with Crippen LogP contribution >= 0.6 is 0 Å². The molecule has 6 nitrogen and oxygen atoms in total. The summed E-state index contributed by atoms with van der Waals surface area (Å²) in [6, 6.07) is 7.27. The minimum absolute atomic E-state index is 0.0923. The third kappa shape index (κ3) is 4.14. The topological polar surface area (TPSA) is 69.7 Å². The van der Waals surface area contributed by atoms with E-state index in [9.17, 15) is 26.4 Å². The van der Waals surface area contributed by atoms with Crippen molar-refractivity contribution in [2.24, 2.45) is 5.92 Å². The zero-order chi connectivity index (χ0) is 23.2. The standard InChI is InChI=1S/C22H24F3N3O3S/c1-27(2)32(30,31)26-12-13-9-10-28(13)22(29)16-11-15(16)20-14(5-3-6-17(20)23)21-18(24)7-4-8-19(21)25/h3-8,13,15-16,26H,9-12H2,1-2H3/t13-,15?,16?/m0/s1. The van der Waals surface area contributed by atoms with E-state index in [-0.39, 0.29) is 35.2 Å². The molecule has 0 bridgehead atoms. The van der Waals surface area contributed by atoms with Crippen molar-refractivity contribution in [2.45, 2.75) is 24.8 Å². The SMILES string of the molecule is CN(C)S(=O)(=O)NC[C@@H]1CCN1C(=O)C1CC1c1c(F)cccc1-c1c(F)cccc1F. The second-order valence-corrected chi connectivity index (χ2v) is 10.3. The zero-order valence-corrected chi connectivity index (χ0v) is 18.5. The Hall–Kier alpha value is -2.43. The minimum atomic E-state index is -3.60. The third-order valence-corrected chi connectivity index (χ3v) is 7.67. The van der Waals surface area contributed by atoms with Crippen molar-refractivity contribution in [3.8, 4) is 11.1 Å². The fourth-order valence-electron chi connectivity index (χ4n) is 4.16. The van der Waals surface area contributed by atoms with Gasteiger partial charge in [-0.15, -0.1) is 0 Å². The van der Waals surface area contributed by atoms with E-state index in [2.05, 4.69) is 4.72 Å². The summed E-state index contributed by atoms with van der Waals surface area (Å²) in [4.78, 5) is 14.6. The molecule has 172 valence electrons. The largest absolute Gasteiger partial charge is 0.338 e. The molecule has 1 N–H and O–H groups in total. The number of hydrogen-bond donors (Lipinski definition) is 1. The number of rotatable bonds is 7. The molecule has 1 aliphatic heterocycles. The molecule has 2 aromatic carbocycles. The molecule has 1 amide bonds. The van der Waals surface area contributed by atoms with Gasteiger partial charge < -0.3 is 4.90 Å². The van der Waals surface area contributed by atoms with Crippen molar-refractivity contribution >= 4 is 16.1 Å². The van der Waals surface area contributed by atoms with Crippen LogP contribution in [0.3, 0.4) is 0 Å². The van der Waals surface area contributed by atoms with Crippen molar-refractivity contribution in [1.29, 1.82) is 0 Å². The highest BCUT2D eigenvalue weighted by atomic mass is 32.2. The molecule has 2 aliphatic rings. The molecule has 0 aromatic heterocycles. The van der Waals surface area contributed by atoms with Crippen molar-refractivity contribution in [1.82, 2.24) is 13.9 Å². The minimum Gasteiger partial charge on any atom is -0.338 e. The lowest BCUT2D eigenvalue weighted by Gasteiger charge is -2.41. The Labute approximate surface area is 185 Å². The highest BCUT2D eigenvalue weighted by Gasteiger charge is 2.50. The molecule has 3 atom stereocenters. The van der Waals surface area contributed by atoms with Crippen LogP contribution in [0.1, 0.15) is 24.3 Å². The van der Waals surface area contributed by atoms with Gasteiger partial charge in [-0.2, -0.15) is 12.7 Å². The Morgan fingerprint density at radius 3 is 2.31 bits per heavy atom. The number of benzene rings is 2. The van der Waals surface area contributed by atoms with Crippen LogP contribution in [0, 0.1) is 23.4 Å². The molecule has 4 rings (SSSR count). The number of carbonyl (C=O) groups is 1. The second-order valence-electron chi connectivity index (χ2n) is 8.36. The predicted molar refractivity (Wildman–Crippen MR) is 113 cm³/mol. The first-order valence-corrected chi connectivity index (χ1v) is 11.8. The average molecular weight is 468 g/mol. The summed E-state index contributed by atoms with van der Waals surface area (Å²) in [5, 5.41) is 0. The Morgan fingerprint density at radius 1 is 1.09 bits per heavy atom. The summed E-state index contributed by atoms with van der Waals surface area (Å²) in [6.45, 7) is 0.581. The molecule has 2 aromatic rings. The van der Waals surface area contributed by atoms with E-state index in [1.807, 2.05) is 0 Å². The number of nitrogens with zero attached hydrogens (tertiary/aromatic N) is 2. The van der Waals surface area contributed by atoms with Crippen molar-refractivity contribution < 1.29 is 26.4 Å². The molecule has 1 aliphatic carbocycles. The van der Waals surface area contributed by atoms with Gasteiger partial charge in [0.1, 0.15) is 17.5 Å². The number of carbonyl (C=O) groups excluding carboxylic acids is 1. The lowest BCUT2D eigenvalue weighted by atomic mass is 9.94. The Balaban J connectivity index is 1.51. The smallest absolute Gasteiger partial charge is 0.279 e. The van der Waals surface area contributed by atoms with Gasteiger partial charge in [0, 0.05) is 39.1 Å². The van der Waals surface area contributed by atoms with Crippen LogP contribution in [-0.4, -0.2) is 56.8 Å². The van der Waals surface area contributed by atoms with Gasteiger partial charge in [0.2, 0.25) is 5.91 Å². The molecular formula is C22H24F3N3O3S. The van der Waals surface area contributed by atoms with E-state index >= 15 is 0 Å². The van der Waals surface area contributed by atoms with Gasteiger partial charge in [-0.1, -0.05) is 18.2 Å². The first-order valence-electron chi connectivity index (χ1n) is 10.3. The maximum Gasteiger partial charge on any atom is 0.279 e. The maximum absolute atomic E-state index is 14.8. The van der Waals surface area contributed by atoms with Crippen molar-refractivity contribution in [2.75, 3.05) is 27.2 Å². The van der Waals surface area contributed by atoms with Crippen LogP contribution in [-0.2, 0) is 15.0 Å². The summed E-state index contributed by atoms with van der Waals surface area (Å²) < 4.78 is 70.8. The molecule has 0 radical (unpaired) electrons. The number of likely N-dealkylation sites (tertiary alicyclic amines) is 1. The fourth-order valence-corrected chi connectivity index (χ4v) is 4.82. The van der Waals surface area contributed by atoms with E-state index in [0.717, 1.165) is 16.4 Å². The number of hydrogen-bond acceptors (Lipinski definition) is 3. The summed E-state index contributed by atoms with van der Waals surface area (Å²) >= 11 is 0. The highest BCUT2D eigenvalue weighted by Crippen LogP contribution is 2.53. The molecule has 1 saturated heterocycles. The van der Waals surface area contributed by atoms with Gasteiger partial charge in [0.15, 0.2) is 0 Å². The average Bonchev–Trinajstić information content (AvgIpc) is 3.47. The monoisotopic (exact) mass is 467 g/mol. The first kappa shape index (κ1) is 22.8. The normalized spacial score (nSPS) is 22.7. The van der Waals surface area contributed by atoms with Gasteiger partial charge in [-0.3, -0.25) is 4.79 Å². The molecule has 32 heavy (non-hydrogen) atoms. The Kier molecular flexibility index (Phi) is 6.04. The van der Waals surface area contributed by atoms with Gasteiger partial charge in [-0.05, 0) is 48.1 Å². The number of nitrogens with one attached hydrogen (secondary N) is 1. The third-order valence-electron chi connectivity index (χ3n) is 6.17. The van der Waals surface area contributed by atoms with E-state index in [1.54, 1.807) is 4.90 Å². The van der Waals surface area contributed by atoms with E-state index in [0.29, 0.717) is 19.4 Å². The van der Waals surface area contributed by atoms with Crippen LogP contribution in [0.5, 0.6) is 0 Å².